The number of nitrogens with zero attached hydrogens (tertiary/aromatic N) is 2. The van der Waals surface area contributed by atoms with Gasteiger partial charge in [-0.05, 0) is 32.3 Å². The van der Waals surface area contributed by atoms with Crippen LogP contribution in [0, 0.1) is 0 Å². The normalized spacial score (nSPS) is 17.1. The molecule has 1 unspecified atom stereocenters. The van der Waals surface area contributed by atoms with Crippen LogP contribution in [0.1, 0.15) is 11.7 Å². The smallest absolute Gasteiger partial charge is 0.272 e. The predicted molar refractivity (Wildman–Crippen MR) is 92.2 cm³/mol. The summed E-state index contributed by atoms with van der Waals surface area (Å²) >= 11 is 6.10. The van der Waals surface area contributed by atoms with Gasteiger partial charge in [0.2, 0.25) is 6.10 Å². The Morgan fingerprint density at radius 3 is 2.61 bits per heavy atom. The fourth-order valence-electron chi connectivity index (χ4n) is 2.61. The molecule has 0 aliphatic carbocycles. The molecule has 1 heterocycles. The highest BCUT2D eigenvalue weighted by atomic mass is 35.5. The Kier molecular flexibility index (Phi) is 4.55. The maximum absolute atomic E-state index is 13.0. The lowest BCUT2D eigenvalue weighted by Gasteiger charge is -2.35. The van der Waals surface area contributed by atoms with Crippen molar-refractivity contribution in [3.63, 3.8) is 0 Å². The molecule has 0 bridgehead atoms. The van der Waals surface area contributed by atoms with Crippen molar-refractivity contribution in [1.82, 2.24) is 4.90 Å². The zero-order chi connectivity index (χ0) is 16.4. The molecule has 0 saturated heterocycles. The van der Waals surface area contributed by atoms with E-state index in [1.165, 1.54) is 0 Å². The summed E-state index contributed by atoms with van der Waals surface area (Å²) in [6.07, 6.45) is -0.618. The number of rotatable bonds is 4. The highest BCUT2D eigenvalue weighted by molar-refractivity contribution is 6.31. The van der Waals surface area contributed by atoms with Gasteiger partial charge >= 0.3 is 0 Å². The van der Waals surface area contributed by atoms with Crippen molar-refractivity contribution < 1.29 is 9.53 Å². The van der Waals surface area contributed by atoms with E-state index in [0.29, 0.717) is 17.3 Å². The number of ether oxygens (including phenoxy) is 1. The van der Waals surface area contributed by atoms with E-state index in [-0.39, 0.29) is 5.91 Å². The number of fused-ring (bicyclic) bond motifs is 1. The Morgan fingerprint density at radius 1 is 1.17 bits per heavy atom. The highest BCUT2D eigenvalue weighted by Gasteiger charge is 2.35. The second kappa shape index (κ2) is 6.60. The molecule has 3 rings (SSSR count). The average molecular weight is 331 g/mol. The van der Waals surface area contributed by atoms with Crippen molar-refractivity contribution in [2.45, 2.75) is 6.10 Å². The van der Waals surface area contributed by atoms with E-state index in [0.717, 1.165) is 17.8 Å². The second-order valence-corrected chi connectivity index (χ2v) is 6.25. The zero-order valence-corrected chi connectivity index (χ0v) is 14.0. The second-order valence-electron chi connectivity index (χ2n) is 5.81. The molecule has 0 fully saturated rings. The largest absolute Gasteiger partial charge is 0.474 e. The molecular formula is C18H19ClN2O2. The summed E-state index contributed by atoms with van der Waals surface area (Å²) in [5.41, 5.74) is 1.59. The number of carbonyl (C=O) groups is 1. The van der Waals surface area contributed by atoms with E-state index in [4.69, 9.17) is 16.3 Å². The molecule has 120 valence electrons. The molecule has 2 aromatic carbocycles. The summed E-state index contributed by atoms with van der Waals surface area (Å²) in [6, 6.07) is 15.0. The molecule has 23 heavy (non-hydrogen) atoms. The quantitative estimate of drug-likeness (QED) is 0.861. The van der Waals surface area contributed by atoms with Crippen molar-refractivity contribution in [3.8, 4) is 5.75 Å². The van der Waals surface area contributed by atoms with E-state index in [1.54, 1.807) is 17.0 Å². The van der Waals surface area contributed by atoms with Crippen molar-refractivity contribution >= 4 is 23.2 Å². The van der Waals surface area contributed by atoms with Gasteiger partial charge in [-0.15, -0.1) is 0 Å². The van der Waals surface area contributed by atoms with Crippen LogP contribution in [0.15, 0.2) is 48.5 Å². The van der Waals surface area contributed by atoms with Gasteiger partial charge in [0.15, 0.2) is 0 Å². The number of hydrogen-bond acceptors (Lipinski definition) is 3. The number of carbonyl (C=O) groups excluding carboxylic acids is 1. The standard InChI is InChI=1S/C18H19ClN2O2/c1-20(2)10-11-21-15-12-14(19)8-9-16(15)23-17(18(21)22)13-6-4-3-5-7-13/h3-9,12,17H,10-11H2,1-2H3. The summed E-state index contributed by atoms with van der Waals surface area (Å²) in [6.45, 7) is 1.35. The van der Waals surface area contributed by atoms with Crippen LogP contribution < -0.4 is 9.64 Å². The van der Waals surface area contributed by atoms with Crippen LogP contribution in [0.25, 0.3) is 0 Å². The molecule has 0 radical (unpaired) electrons. The predicted octanol–water partition coefficient (Wildman–Crippen LogP) is 3.37. The molecule has 1 atom stereocenters. The Bertz CT molecular complexity index is 703. The van der Waals surface area contributed by atoms with Crippen molar-refractivity contribution in [2.24, 2.45) is 0 Å². The van der Waals surface area contributed by atoms with E-state index < -0.39 is 6.10 Å². The highest BCUT2D eigenvalue weighted by Crippen LogP contribution is 2.40. The van der Waals surface area contributed by atoms with Gasteiger partial charge in [-0.1, -0.05) is 41.9 Å². The molecule has 2 aromatic rings. The summed E-state index contributed by atoms with van der Waals surface area (Å²) in [7, 11) is 3.97. The third-order valence-corrected chi connectivity index (χ3v) is 4.06. The molecule has 1 aliphatic rings. The van der Waals surface area contributed by atoms with Gasteiger partial charge in [0, 0.05) is 23.7 Å². The number of halogens is 1. The first-order valence-electron chi connectivity index (χ1n) is 7.53. The fourth-order valence-corrected chi connectivity index (χ4v) is 2.77. The van der Waals surface area contributed by atoms with Gasteiger partial charge in [0.1, 0.15) is 5.75 Å². The Hall–Kier alpha value is -2.04. The number of likely N-dealkylation sites (N-methyl/N-ethyl adjacent to an activating group) is 1. The lowest BCUT2D eigenvalue weighted by atomic mass is 10.1. The maximum atomic E-state index is 13.0. The van der Waals surface area contributed by atoms with Crippen molar-refractivity contribution in [3.05, 3.63) is 59.1 Å². The van der Waals surface area contributed by atoms with Crippen LogP contribution in [0.5, 0.6) is 5.75 Å². The van der Waals surface area contributed by atoms with Gasteiger partial charge in [-0.2, -0.15) is 0 Å². The average Bonchev–Trinajstić information content (AvgIpc) is 2.54. The number of anilines is 1. The lowest BCUT2D eigenvalue weighted by Crippen LogP contribution is -2.44. The molecule has 0 saturated carbocycles. The van der Waals surface area contributed by atoms with Crippen LogP contribution in [-0.2, 0) is 4.79 Å². The van der Waals surface area contributed by atoms with Crippen LogP contribution in [0.2, 0.25) is 5.02 Å². The molecule has 1 aliphatic heterocycles. The van der Waals surface area contributed by atoms with E-state index in [2.05, 4.69) is 0 Å². The topological polar surface area (TPSA) is 32.8 Å². The summed E-state index contributed by atoms with van der Waals surface area (Å²) in [5, 5.41) is 0.591. The van der Waals surface area contributed by atoms with E-state index >= 15 is 0 Å². The molecule has 4 nitrogen and oxygen atoms in total. The zero-order valence-electron chi connectivity index (χ0n) is 13.2. The van der Waals surface area contributed by atoms with Crippen molar-refractivity contribution in [1.29, 1.82) is 0 Å². The minimum absolute atomic E-state index is 0.0622. The molecule has 0 N–H and O–H groups in total. The van der Waals surface area contributed by atoms with Gasteiger partial charge in [0.25, 0.3) is 5.91 Å². The number of hydrogen-bond donors (Lipinski definition) is 0. The van der Waals surface area contributed by atoms with E-state index in [1.807, 2.05) is 55.4 Å². The van der Waals surface area contributed by atoms with Crippen LogP contribution in [0.3, 0.4) is 0 Å². The van der Waals surface area contributed by atoms with Crippen LogP contribution >= 0.6 is 11.6 Å². The maximum Gasteiger partial charge on any atom is 0.272 e. The first-order chi connectivity index (χ1) is 11.1. The first-order valence-corrected chi connectivity index (χ1v) is 7.91. The minimum atomic E-state index is -0.618. The SMILES string of the molecule is CN(C)CCN1C(=O)C(c2ccccc2)Oc2ccc(Cl)cc21. The molecular weight excluding hydrogens is 312 g/mol. The third-order valence-electron chi connectivity index (χ3n) is 3.82. The molecule has 5 heteroatoms. The molecule has 0 spiro atoms. The van der Waals surface area contributed by atoms with Crippen LogP contribution in [0.4, 0.5) is 5.69 Å². The van der Waals surface area contributed by atoms with Gasteiger partial charge in [0.05, 0.1) is 5.69 Å². The first kappa shape index (κ1) is 15.8. The Labute approximate surface area is 141 Å². The number of amides is 1. The summed E-state index contributed by atoms with van der Waals surface area (Å²) in [5.74, 6) is 0.620. The van der Waals surface area contributed by atoms with E-state index in [9.17, 15) is 4.79 Å². The summed E-state index contributed by atoms with van der Waals surface area (Å²) in [4.78, 5) is 16.8. The molecule has 1 amide bonds. The minimum Gasteiger partial charge on any atom is -0.474 e. The van der Waals surface area contributed by atoms with Gasteiger partial charge < -0.3 is 14.5 Å². The van der Waals surface area contributed by atoms with Gasteiger partial charge in [-0.3, -0.25) is 4.79 Å². The fraction of sp³-hybridized carbons (Fsp3) is 0.278. The van der Waals surface area contributed by atoms with Crippen LogP contribution in [-0.4, -0.2) is 38.0 Å². The number of benzene rings is 2. The monoisotopic (exact) mass is 330 g/mol. The molecule has 0 aromatic heterocycles. The lowest BCUT2D eigenvalue weighted by molar-refractivity contribution is -0.126. The Balaban J connectivity index is 1.99. The van der Waals surface area contributed by atoms with Crippen molar-refractivity contribution in [2.75, 3.05) is 32.1 Å². The van der Waals surface area contributed by atoms with Gasteiger partial charge in [-0.25, -0.2) is 0 Å². The Morgan fingerprint density at radius 2 is 1.91 bits per heavy atom. The summed E-state index contributed by atoms with van der Waals surface area (Å²) < 4.78 is 5.96. The third kappa shape index (κ3) is 3.33.